The van der Waals surface area contributed by atoms with Crippen molar-refractivity contribution in [2.75, 3.05) is 19.6 Å². The van der Waals surface area contributed by atoms with Gasteiger partial charge >= 0.3 is 0 Å². The summed E-state index contributed by atoms with van der Waals surface area (Å²) in [6.45, 7) is 3.08. The van der Waals surface area contributed by atoms with Gasteiger partial charge in [0, 0.05) is 12.6 Å². The van der Waals surface area contributed by atoms with E-state index in [0.29, 0.717) is 12.0 Å². The Morgan fingerprint density at radius 3 is 2.69 bits per heavy atom. The third-order valence-corrected chi connectivity index (χ3v) is 4.30. The molecule has 2 rings (SSSR count). The van der Waals surface area contributed by atoms with Crippen molar-refractivity contribution in [3.8, 4) is 0 Å². The third kappa shape index (κ3) is 2.96. The van der Waals surface area contributed by atoms with Gasteiger partial charge in [0.2, 0.25) is 0 Å². The van der Waals surface area contributed by atoms with Gasteiger partial charge in [-0.1, -0.05) is 19.3 Å². The highest BCUT2D eigenvalue weighted by atomic mass is 16.3. The van der Waals surface area contributed by atoms with Crippen LogP contribution < -0.4 is 5.73 Å². The Bertz CT molecular complexity index is 210. The van der Waals surface area contributed by atoms with Crippen LogP contribution in [0.3, 0.4) is 0 Å². The number of rotatable bonds is 2. The lowest BCUT2D eigenvalue weighted by atomic mass is 9.94. The highest BCUT2D eigenvalue weighted by Crippen LogP contribution is 2.26. The first kappa shape index (κ1) is 12.3. The average Bonchev–Trinajstić information content (AvgIpc) is 2.54. The molecule has 3 heteroatoms. The number of aliphatic hydroxyl groups is 1. The number of nitrogens with zero attached hydrogens (tertiary/aromatic N) is 1. The lowest BCUT2D eigenvalue weighted by molar-refractivity contribution is 0.0219. The summed E-state index contributed by atoms with van der Waals surface area (Å²) < 4.78 is 0. The molecule has 2 aliphatic rings. The molecule has 1 saturated carbocycles. The third-order valence-electron chi connectivity index (χ3n) is 4.30. The van der Waals surface area contributed by atoms with E-state index in [4.69, 9.17) is 5.73 Å². The van der Waals surface area contributed by atoms with Gasteiger partial charge in [-0.05, 0) is 44.7 Å². The SMILES string of the molecule is NCC1CCCN(C2CCCCCC2O)C1. The van der Waals surface area contributed by atoms with E-state index in [1.807, 2.05) is 0 Å². The second-order valence-electron chi connectivity index (χ2n) is 5.51. The standard InChI is InChI=1S/C13H26N2O/c14-9-11-5-4-8-15(10-11)12-6-2-1-3-7-13(12)16/h11-13,16H,1-10,14H2. The van der Waals surface area contributed by atoms with Crippen LogP contribution in [0.15, 0.2) is 0 Å². The Labute approximate surface area is 99.0 Å². The van der Waals surface area contributed by atoms with Crippen LogP contribution in [0.4, 0.5) is 0 Å². The van der Waals surface area contributed by atoms with Gasteiger partial charge in [0.05, 0.1) is 6.10 Å². The minimum atomic E-state index is -0.0981. The molecule has 1 heterocycles. The highest BCUT2D eigenvalue weighted by Gasteiger charge is 2.30. The highest BCUT2D eigenvalue weighted by molar-refractivity contribution is 4.85. The minimum absolute atomic E-state index is 0.0981. The maximum atomic E-state index is 10.2. The molecule has 16 heavy (non-hydrogen) atoms. The van der Waals surface area contributed by atoms with E-state index in [0.717, 1.165) is 26.1 Å². The van der Waals surface area contributed by atoms with Crippen molar-refractivity contribution in [3.63, 3.8) is 0 Å². The van der Waals surface area contributed by atoms with E-state index in [2.05, 4.69) is 4.90 Å². The Morgan fingerprint density at radius 2 is 1.88 bits per heavy atom. The van der Waals surface area contributed by atoms with Gasteiger partial charge < -0.3 is 10.8 Å². The van der Waals surface area contributed by atoms with E-state index >= 15 is 0 Å². The Hall–Kier alpha value is -0.120. The molecule has 3 atom stereocenters. The van der Waals surface area contributed by atoms with Crippen LogP contribution in [0.25, 0.3) is 0 Å². The van der Waals surface area contributed by atoms with Gasteiger partial charge in [-0.15, -0.1) is 0 Å². The van der Waals surface area contributed by atoms with Gasteiger partial charge in [-0.3, -0.25) is 4.90 Å². The molecule has 94 valence electrons. The molecule has 1 aliphatic heterocycles. The van der Waals surface area contributed by atoms with Crippen molar-refractivity contribution in [2.24, 2.45) is 11.7 Å². The predicted octanol–water partition coefficient (Wildman–Crippen LogP) is 1.35. The molecule has 0 spiro atoms. The second-order valence-corrected chi connectivity index (χ2v) is 5.51. The molecule has 0 bridgehead atoms. The number of likely N-dealkylation sites (tertiary alicyclic amines) is 1. The normalized spacial score (nSPS) is 38.2. The molecule has 0 aromatic carbocycles. The summed E-state index contributed by atoms with van der Waals surface area (Å²) in [5.41, 5.74) is 5.77. The number of piperidine rings is 1. The van der Waals surface area contributed by atoms with Crippen molar-refractivity contribution in [1.29, 1.82) is 0 Å². The molecule has 1 aliphatic carbocycles. The Balaban J connectivity index is 1.93. The molecule has 3 nitrogen and oxygen atoms in total. The fourth-order valence-corrected chi connectivity index (χ4v) is 3.29. The van der Waals surface area contributed by atoms with Gasteiger partial charge in [-0.2, -0.15) is 0 Å². The first-order chi connectivity index (χ1) is 7.81. The minimum Gasteiger partial charge on any atom is -0.391 e. The first-order valence-electron chi connectivity index (χ1n) is 6.93. The van der Waals surface area contributed by atoms with Crippen LogP contribution in [0.1, 0.15) is 44.9 Å². The molecule has 0 amide bonds. The van der Waals surface area contributed by atoms with Crippen LogP contribution in [0.5, 0.6) is 0 Å². The van der Waals surface area contributed by atoms with Gasteiger partial charge in [-0.25, -0.2) is 0 Å². The summed E-state index contributed by atoms with van der Waals surface area (Å²) in [5.74, 6) is 0.657. The monoisotopic (exact) mass is 226 g/mol. The summed E-state index contributed by atoms with van der Waals surface area (Å²) in [4.78, 5) is 2.51. The summed E-state index contributed by atoms with van der Waals surface area (Å²) in [6, 6.07) is 0.414. The summed E-state index contributed by atoms with van der Waals surface area (Å²) in [5, 5.41) is 10.2. The smallest absolute Gasteiger partial charge is 0.0695 e. The van der Waals surface area contributed by atoms with Crippen molar-refractivity contribution >= 4 is 0 Å². The zero-order valence-corrected chi connectivity index (χ0v) is 10.3. The molecule has 0 radical (unpaired) electrons. The fraction of sp³-hybridized carbons (Fsp3) is 1.00. The molecule has 3 N–H and O–H groups in total. The number of nitrogens with two attached hydrogens (primary N) is 1. The van der Waals surface area contributed by atoms with E-state index in [1.165, 1.54) is 38.5 Å². The zero-order valence-electron chi connectivity index (χ0n) is 10.3. The van der Waals surface area contributed by atoms with E-state index < -0.39 is 0 Å². The maximum Gasteiger partial charge on any atom is 0.0695 e. The topological polar surface area (TPSA) is 49.5 Å². The van der Waals surface area contributed by atoms with Crippen LogP contribution >= 0.6 is 0 Å². The molecule has 2 fully saturated rings. The summed E-state index contributed by atoms with van der Waals surface area (Å²) in [7, 11) is 0. The van der Waals surface area contributed by atoms with Crippen LogP contribution in [-0.4, -0.2) is 41.8 Å². The maximum absolute atomic E-state index is 10.2. The Kier molecular flexibility index (Phi) is 4.62. The molecular formula is C13H26N2O. The van der Waals surface area contributed by atoms with E-state index in [9.17, 15) is 5.11 Å². The Morgan fingerprint density at radius 1 is 1.06 bits per heavy atom. The van der Waals surface area contributed by atoms with E-state index in [-0.39, 0.29) is 6.10 Å². The lowest BCUT2D eigenvalue weighted by Gasteiger charge is -2.39. The van der Waals surface area contributed by atoms with Crippen LogP contribution in [0.2, 0.25) is 0 Å². The average molecular weight is 226 g/mol. The predicted molar refractivity (Wildman–Crippen MR) is 66.2 cm³/mol. The van der Waals surface area contributed by atoms with Crippen molar-refractivity contribution in [1.82, 2.24) is 4.90 Å². The lowest BCUT2D eigenvalue weighted by Crippen LogP contribution is -2.49. The number of aliphatic hydroxyl groups excluding tert-OH is 1. The largest absolute Gasteiger partial charge is 0.391 e. The summed E-state index contributed by atoms with van der Waals surface area (Å²) >= 11 is 0. The molecule has 0 aromatic heterocycles. The van der Waals surface area contributed by atoms with Gasteiger partial charge in [0.1, 0.15) is 0 Å². The van der Waals surface area contributed by atoms with E-state index in [1.54, 1.807) is 0 Å². The quantitative estimate of drug-likeness (QED) is 0.699. The molecular weight excluding hydrogens is 200 g/mol. The van der Waals surface area contributed by atoms with Crippen LogP contribution in [0, 0.1) is 5.92 Å². The first-order valence-corrected chi connectivity index (χ1v) is 6.93. The number of hydrogen-bond donors (Lipinski definition) is 2. The number of hydrogen-bond acceptors (Lipinski definition) is 3. The van der Waals surface area contributed by atoms with Crippen molar-refractivity contribution in [3.05, 3.63) is 0 Å². The molecule has 3 unspecified atom stereocenters. The van der Waals surface area contributed by atoms with Gasteiger partial charge in [0.25, 0.3) is 0 Å². The van der Waals surface area contributed by atoms with Gasteiger partial charge in [0.15, 0.2) is 0 Å². The zero-order chi connectivity index (χ0) is 11.4. The molecule has 1 saturated heterocycles. The summed E-state index contributed by atoms with van der Waals surface area (Å²) in [6.07, 6.45) is 8.38. The van der Waals surface area contributed by atoms with Crippen molar-refractivity contribution in [2.45, 2.75) is 57.1 Å². The van der Waals surface area contributed by atoms with Crippen LogP contribution in [-0.2, 0) is 0 Å². The second kappa shape index (κ2) is 5.99. The fourth-order valence-electron chi connectivity index (χ4n) is 3.29. The molecule has 0 aromatic rings. The van der Waals surface area contributed by atoms with Crippen molar-refractivity contribution < 1.29 is 5.11 Å².